The number of aliphatic hydroxyl groups excluding tert-OH is 1. The van der Waals surface area contributed by atoms with Crippen molar-refractivity contribution in [3.63, 3.8) is 0 Å². The molecule has 1 atom stereocenters. The molecule has 0 spiro atoms. The first-order valence-corrected chi connectivity index (χ1v) is 11.3. The van der Waals surface area contributed by atoms with Gasteiger partial charge in [0.25, 0.3) is 5.78 Å². The van der Waals surface area contributed by atoms with E-state index < -0.39 is 35.1 Å². The van der Waals surface area contributed by atoms with Gasteiger partial charge in [-0.3, -0.25) is 14.5 Å². The third-order valence-corrected chi connectivity index (χ3v) is 6.79. The van der Waals surface area contributed by atoms with Crippen molar-refractivity contribution in [1.29, 1.82) is 0 Å². The average Bonchev–Trinajstić information content (AvgIpc) is 3.33. The number of ketones is 1. The molecule has 1 aliphatic heterocycles. The van der Waals surface area contributed by atoms with Crippen LogP contribution in [0.1, 0.15) is 28.3 Å². The first kappa shape index (κ1) is 21.9. The molecule has 0 saturated carbocycles. The third kappa shape index (κ3) is 3.47. The fourth-order valence-electron chi connectivity index (χ4n) is 4.25. The lowest BCUT2D eigenvalue weighted by molar-refractivity contribution is -0.132. The van der Waals surface area contributed by atoms with Gasteiger partial charge in [0, 0.05) is 11.1 Å². The van der Waals surface area contributed by atoms with Crippen LogP contribution in [0.3, 0.4) is 0 Å². The Labute approximate surface area is 197 Å². The highest BCUT2D eigenvalue weighted by atomic mass is 32.1. The van der Waals surface area contributed by atoms with Gasteiger partial charge in [0.1, 0.15) is 23.4 Å². The van der Waals surface area contributed by atoms with E-state index in [1.807, 2.05) is 26.0 Å². The molecule has 1 fully saturated rings. The molecule has 1 aliphatic rings. The maximum Gasteiger partial charge on any atom is 0.301 e. The van der Waals surface area contributed by atoms with Gasteiger partial charge in [0.15, 0.2) is 5.13 Å². The molecule has 1 N–H and O–H groups in total. The summed E-state index contributed by atoms with van der Waals surface area (Å²) < 4.78 is 29.2. The van der Waals surface area contributed by atoms with E-state index in [-0.39, 0.29) is 21.8 Å². The number of carbonyl (C=O) groups excluding carboxylic acids is 2. The number of amides is 1. The van der Waals surface area contributed by atoms with Crippen LogP contribution in [0, 0.1) is 25.5 Å². The number of Topliss-reactive ketones (excluding diaryl/α,β-unsaturated/α-hetero) is 1. The van der Waals surface area contributed by atoms with E-state index in [0.717, 1.165) is 32.9 Å². The van der Waals surface area contributed by atoms with Crippen LogP contribution in [0.15, 0.2) is 66.2 Å². The molecule has 170 valence electrons. The van der Waals surface area contributed by atoms with Crippen molar-refractivity contribution >= 4 is 44.1 Å². The number of aromatic nitrogens is 1. The minimum absolute atomic E-state index is 0.0394. The Balaban J connectivity index is 1.76. The maximum absolute atomic E-state index is 15.0. The van der Waals surface area contributed by atoms with Crippen molar-refractivity contribution in [3.8, 4) is 0 Å². The molecule has 3 aromatic carbocycles. The Bertz CT molecular complexity index is 1510. The van der Waals surface area contributed by atoms with Crippen LogP contribution in [-0.4, -0.2) is 21.8 Å². The summed E-state index contributed by atoms with van der Waals surface area (Å²) in [5.74, 6) is -3.57. The number of benzene rings is 3. The zero-order valence-corrected chi connectivity index (χ0v) is 19.0. The SMILES string of the molecule is Cc1cc(C)c2nc(N3C(=O)C(=O)C(=C(O)c4ccc(F)cc4)[C@H]3c3ccccc3F)sc2c1. The van der Waals surface area contributed by atoms with Crippen LogP contribution in [0.4, 0.5) is 13.9 Å². The molecular formula is C26H18F2N2O3S. The van der Waals surface area contributed by atoms with Crippen molar-refractivity contribution < 1.29 is 23.5 Å². The highest BCUT2D eigenvalue weighted by Gasteiger charge is 2.49. The number of carbonyl (C=O) groups is 2. The topological polar surface area (TPSA) is 70.5 Å². The van der Waals surface area contributed by atoms with E-state index in [1.165, 1.54) is 41.7 Å². The Morgan fingerprint density at radius 1 is 1.03 bits per heavy atom. The number of hydrogen-bond acceptors (Lipinski definition) is 5. The molecule has 2 heterocycles. The van der Waals surface area contributed by atoms with Crippen LogP contribution >= 0.6 is 11.3 Å². The monoisotopic (exact) mass is 476 g/mol. The highest BCUT2D eigenvalue weighted by Crippen LogP contribution is 2.45. The van der Waals surface area contributed by atoms with Gasteiger partial charge in [-0.15, -0.1) is 0 Å². The van der Waals surface area contributed by atoms with Gasteiger partial charge in [-0.1, -0.05) is 35.6 Å². The zero-order chi connectivity index (χ0) is 24.1. The summed E-state index contributed by atoms with van der Waals surface area (Å²) in [5.41, 5.74) is 2.49. The molecule has 0 radical (unpaired) electrons. The molecular weight excluding hydrogens is 458 g/mol. The van der Waals surface area contributed by atoms with E-state index in [1.54, 1.807) is 6.07 Å². The Morgan fingerprint density at radius 2 is 1.74 bits per heavy atom. The number of nitrogens with zero attached hydrogens (tertiary/aromatic N) is 2. The predicted molar refractivity (Wildman–Crippen MR) is 127 cm³/mol. The van der Waals surface area contributed by atoms with Crippen LogP contribution in [0.25, 0.3) is 16.0 Å². The molecule has 1 saturated heterocycles. The summed E-state index contributed by atoms with van der Waals surface area (Å²) in [6.07, 6.45) is 0. The molecule has 0 aliphatic carbocycles. The van der Waals surface area contributed by atoms with Crippen molar-refractivity contribution in [1.82, 2.24) is 4.98 Å². The first-order valence-electron chi connectivity index (χ1n) is 10.5. The van der Waals surface area contributed by atoms with E-state index in [0.29, 0.717) is 5.52 Å². The molecule has 8 heteroatoms. The van der Waals surface area contributed by atoms with Crippen LogP contribution in [0.5, 0.6) is 0 Å². The molecule has 0 bridgehead atoms. The predicted octanol–water partition coefficient (Wildman–Crippen LogP) is 5.82. The van der Waals surface area contributed by atoms with Gasteiger partial charge < -0.3 is 5.11 Å². The Hall–Kier alpha value is -3.91. The zero-order valence-electron chi connectivity index (χ0n) is 18.2. The van der Waals surface area contributed by atoms with E-state index >= 15 is 0 Å². The second kappa shape index (κ2) is 8.14. The molecule has 5 nitrogen and oxygen atoms in total. The number of anilines is 1. The van der Waals surface area contributed by atoms with Crippen molar-refractivity contribution in [2.24, 2.45) is 0 Å². The number of thiazole rings is 1. The summed E-state index contributed by atoms with van der Waals surface area (Å²) in [6, 6.07) is 13.2. The molecule has 1 amide bonds. The van der Waals surface area contributed by atoms with Gasteiger partial charge in [0.2, 0.25) is 0 Å². The summed E-state index contributed by atoms with van der Waals surface area (Å²) in [6.45, 7) is 3.84. The summed E-state index contributed by atoms with van der Waals surface area (Å²) in [5, 5.41) is 11.2. The van der Waals surface area contributed by atoms with Gasteiger partial charge in [-0.2, -0.15) is 0 Å². The third-order valence-electron chi connectivity index (χ3n) is 5.79. The normalized spacial score (nSPS) is 17.6. The standard InChI is InChI=1S/C26H18F2N2O3S/c1-13-11-14(2)21-19(12-13)34-26(29-21)30-22(17-5-3-4-6-18(17)28)20(24(32)25(30)33)23(31)15-7-9-16(27)10-8-15/h3-12,22,31H,1-2H3/t22-/m1/s1. The smallest absolute Gasteiger partial charge is 0.301 e. The number of rotatable bonds is 3. The summed E-state index contributed by atoms with van der Waals surface area (Å²) in [4.78, 5) is 32.2. The van der Waals surface area contributed by atoms with Crippen LogP contribution in [-0.2, 0) is 9.59 Å². The molecule has 4 aromatic rings. The second-order valence-electron chi connectivity index (χ2n) is 8.12. The van der Waals surface area contributed by atoms with Crippen LogP contribution < -0.4 is 4.90 Å². The van der Waals surface area contributed by atoms with Crippen molar-refractivity contribution in [3.05, 3.63) is 100 Å². The van der Waals surface area contributed by atoms with Crippen molar-refractivity contribution in [2.75, 3.05) is 4.90 Å². The fraction of sp³-hybridized carbons (Fsp3) is 0.115. The minimum Gasteiger partial charge on any atom is -0.507 e. The number of aryl methyl sites for hydroxylation is 2. The highest BCUT2D eigenvalue weighted by molar-refractivity contribution is 7.22. The lowest BCUT2D eigenvalue weighted by Gasteiger charge is -2.23. The Kier molecular flexibility index (Phi) is 5.25. The molecule has 0 unspecified atom stereocenters. The van der Waals surface area contributed by atoms with E-state index in [9.17, 15) is 23.5 Å². The van der Waals surface area contributed by atoms with Gasteiger partial charge in [-0.25, -0.2) is 13.8 Å². The second-order valence-corrected chi connectivity index (χ2v) is 9.13. The maximum atomic E-state index is 15.0. The van der Waals surface area contributed by atoms with E-state index in [4.69, 9.17) is 0 Å². The van der Waals surface area contributed by atoms with Gasteiger partial charge in [0.05, 0.1) is 15.8 Å². The first-order chi connectivity index (χ1) is 16.3. The largest absolute Gasteiger partial charge is 0.507 e. The number of halogens is 2. The lowest BCUT2D eigenvalue weighted by atomic mass is 9.95. The quantitative estimate of drug-likeness (QED) is 0.230. The number of fused-ring (bicyclic) bond motifs is 1. The summed E-state index contributed by atoms with van der Waals surface area (Å²) in [7, 11) is 0. The fourth-order valence-corrected chi connectivity index (χ4v) is 5.41. The van der Waals surface area contributed by atoms with E-state index in [2.05, 4.69) is 4.98 Å². The van der Waals surface area contributed by atoms with Crippen molar-refractivity contribution in [2.45, 2.75) is 19.9 Å². The van der Waals surface area contributed by atoms with Gasteiger partial charge >= 0.3 is 5.91 Å². The number of aliphatic hydroxyl groups is 1. The molecule has 5 rings (SSSR count). The lowest BCUT2D eigenvalue weighted by Crippen LogP contribution is -2.29. The average molecular weight is 477 g/mol. The molecule has 34 heavy (non-hydrogen) atoms. The molecule has 1 aromatic heterocycles. The minimum atomic E-state index is -1.24. The number of hydrogen-bond donors (Lipinski definition) is 1. The summed E-state index contributed by atoms with van der Waals surface area (Å²) >= 11 is 1.21. The Morgan fingerprint density at radius 3 is 2.44 bits per heavy atom. The van der Waals surface area contributed by atoms with Gasteiger partial charge in [-0.05, 0) is 61.4 Å². The van der Waals surface area contributed by atoms with Crippen LogP contribution in [0.2, 0.25) is 0 Å².